The number of nitrogens with zero attached hydrogens (tertiary/aromatic N) is 4. The van der Waals surface area contributed by atoms with Crippen molar-refractivity contribution < 1.29 is 23.8 Å². The van der Waals surface area contributed by atoms with Gasteiger partial charge in [-0.05, 0) is 74.2 Å². The van der Waals surface area contributed by atoms with Gasteiger partial charge in [0.05, 0.1) is 11.1 Å². The van der Waals surface area contributed by atoms with E-state index in [1.54, 1.807) is 36.5 Å². The molecule has 0 unspecified atom stereocenters. The number of fused-ring (bicyclic) bond motifs is 1. The molecule has 0 radical (unpaired) electrons. The van der Waals surface area contributed by atoms with Gasteiger partial charge in [0.2, 0.25) is 5.69 Å². The Morgan fingerprint density at radius 3 is 2.65 bits per heavy atom. The zero-order valence-corrected chi connectivity index (χ0v) is 23.9. The molecule has 1 saturated heterocycles. The number of piperidine rings is 1. The molecule has 12 heteroatoms. The Hall–Kier alpha value is -4.74. The predicted octanol–water partition coefficient (Wildman–Crippen LogP) is 5.69. The molecule has 220 valence electrons. The topological polar surface area (TPSA) is 130 Å². The molecule has 10 nitrogen and oxygen atoms in total. The predicted molar refractivity (Wildman–Crippen MR) is 161 cm³/mol. The van der Waals surface area contributed by atoms with Crippen molar-refractivity contribution in [2.45, 2.75) is 25.9 Å². The maximum atomic E-state index is 13.3. The maximum absolute atomic E-state index is 13.3. The number of ether oxygens (including phenoxy) is 1. The van der Waals surface area contributed by atoms with E-state index >= 15 is 0 Å². The smallest absolute Gasteiger partial charge is 0.321 e. The van der Waals surface area contributed by atoms with E-state index in [1.807, 2.05) is 6.92 Å². The molecule has 6 rings (SSSR count). The van der Waals surface area contributed by atoms with Gasteiger partial charge in [-0.3, -0.25) is 9.89 Å². The molecular weight excluding hydrogens is 575 g/mol. The first-order valence-corrected chi connectivity index (χ1v) is 14.2. The van der Waals surface area contributed by atoms with Gasteiger partial charge in [-0.15, -0.1) is 0 Å². The maximum Gasteiger partial charge on any atom is 0.321 e. The Morgan fingerprint density at radius 2 is 1.93 bits per heavy atom. The quantitative estimate of drug-likeness (QED) is 0.161. The molecule has 1 fully saturated rings. The molecule has 4 heterocycles. The van der Waals surface area contributed by atoms with Gasteiger partial charge in [0, 0.05) is 48.7 Å². The average molecular weight is 603 g/mol. The highest BCUT2D eigenvalue weighted by atomic mass is 35.5. The van der Waals surface area contributed by atoms with Gasteiger partial charge in [0.1, 0.15) is 22.7 Å². The number of H-pyrrole nitrogens is 1. The van der Waals surface area contributed by atoms with Crippen molar-refractivity contribution in [2.24, 2.45) is 5.92 Å². The van der Waals surface area contributed by atoms with E-state index in [0.29, 0.717) is 38.5 Å². The van der Waals surface area contributed by atoms with Crippen molar-refractivity contribution in [2.75, 3.05) is 23.3 Å². The highest BCUT2D eigenvalue weighted by Crippen LogP contribution is 2.38. The van der Waals surface area contributed by atoms with Gasteiger partial charge in [-0.2, -0.15) is 9.83 Å². The Morgan fingerprint density at radius 1 is 1.16 bits per heavy atom. The number of carbonyl (C=O) groups is 1. The van der Waals surface area contributed by atoms with Crippen LogP contribution in [0.4, 0.5) is 15.9 Å². The third-order valence-corrected chi connectivity index (χ3v) is 7.95. The van der Waals surface area contributed by atoms with E-state index in [4.69, 9.17) is 16.3 Å². The number of hydrogen-bond donors (Lipinski definition) is 3. The van der Waals surface area contributed by atoms with Gasteiger partial charge in [0.25, 0.3) is 5.69 Å². The summed E-state index contributed by atoms with van der Waals surface area (Å²) in [5, 5.41) is 34.1. The summed E-state index contributed by atoms with van der Waals surface area (Å²) in [6, 6.07) is 16.5. The normalized spacial score (nSPS) is 14.6. The molecule has 43 heavy (non-hydrogen) atoms. The lowest BCUT2D eigenvalue weighted by Crippen LogP contribution is -2.38. The van der Waals surface area contributed by atoms with Gasteiger partial charge in [0.15, 0.2) is 11.5 Å². The first kappa shape index (κ1) is 28.4. The monoisotopic (exact) mass is 602 g/mol. The molecule has 0 spiro atoms. The second kappa shape index (κ2) is 11.9. The zero-order valence-electron chi connectivity index (χ0n) is 23.1. The summed E-state index contributed by atoms with van der Waals surface area (Å²) < 4.78 is 20.1. The van der Waals surface area contributed by atoms with Gasteiger partial charge >= 0.3 is 5.91 Å². The van der Waals surface area contributed by atoms with Crippen LogP contribution in [0.2, 0.25) is 5.02 Å². The Labute approximate surface area is 251 Å². The summed E-state index contributed by atoms with van der Waals surface area (Å²) >= 11 is 6.57. The van der Waals surface area contributed by atoms with Crippen LogP contribution in [0, 0.1) is 16.9 Å². The van der Waals surface area contributed by atoms with Gasteiger partial charge < -0.3 is 25.3 Å². The minimum atomic E-state index is -0.637. The van der Waals surface area contributed by atoms with E-state index in [9.17, 15) is 19.5 Å². The lowest BCUT2D eigenvalue weighted by Gasteiger charge is -2.33. The molecule has 1 amide bonds. The fourth-order valence-electron chi connectivity index (χ4n) is 5.29. The largest absolute Gasteiger partial charge is 0.618 e. The fourth-order valence-corrected chi connectivity index (χ4v) is 5.51. The van der Waals surface area contributed by atoms with Crippen LogP contribution in [0.15, 0.2) is 72.9 Å². The molecule has 0 bridgehead atoms. The Balaban J connectivity index is 1.20. The minimum absolute atomic E-state index is 0.137. The highest BCUT2D eigenvalue weighted by Gasteiger charge is 2.27. The molecule has 0 aliphatic carbocycles. The molecule has 2 aromatic carbocycles. The average Bonchev–Trinajstić information content (AvgIpc) is 3.44. The second-order valence-electron chi connectivity index (χ2n) is 10.4. The summed E-state index contributed by atoms with van der Waals surface area (Å²) in [6.07, 6.45) is 2.97. The second-order valence-corrected chi connectivity index (χ2v) is 10.9. The summed E-state index contributed by atoms with van der Waals surface area (Å²) in [7, 11) is 0. The van der Waals surface area contributed by atoms with Crippen LogP contribution < -0.4 is 19.7 Å². The van der Waals surface area contributed by atoms with E-state index < -0.39 is 11.7 Å². The third-order valence-electron chi connectivity index (χ3n) is 7.65. The van der Waals surface area contributed by atoms with Crippen LogP contribution in [-0.4, -0.2) is 45.4 Å². The molecule has 1 aliphatic rings. The van der Waals surface area contributed by atoms with Crippen LogP contribution in [0.25, 0.3) is 22.3 Å². The number of halogens is 2. The summed E-state index contributed by atoms with van der Waals surface area (Å²) in [5.74, 6) is 0.773. The first-order valence-electron chi connectivity index (χ1n) is 13.8. The number of carbonyl (C=O) groups excluding carboxylic acids is 1. The third kappa shape index (κ3) is 5.81. The standard InChI is InChI=1S/C31H28ClFN6O4/c1-18(40)19-12-15-38(16-13-19)30-28-27(11-14-34-29(28)36-37-30)43-26-10-9-22(17-23(26)32)35-31(41)25-4-2-3-24(39(25)42)20-5-7-21(33)8-6-20/h2-11,14,17-19,40H,12-13,15-16H2,1H3,(H,35,41)(H,34,36,37)/t18-/m1/s1. The van der Waals surface area contributed by atoms with Crippen LogP contribution >= 0.6 is 11.6 Å². The van der Waals surface area contributed by atoms with Crippen LogP contribution in [0.3, 0.4) is 0 Å². The number of aromatic amines is 1. The van der Waals surface area contributed by atoms with Crippen molar-refractivity contribution in [1.29, 1.82) is 0 Å². The number of anilines is 2. The lowest BCUT2D eigenvalue weighted by atomic mass is 9.92. The number of pyridine rings is 2. The molecule has 1 atom stereocenters. The van der Waals surface area contributed by atoms with Gasteiger partial charge in [-0.25, -0.2) is 9.37 Å². The summed E-state index contributed by atoms with van der Waals surface area (Å²) in [6.45, 7) is 3.32. The van der Waals surface area contributed by atoms with Crippen molar-refractivity contribution in [3.05, 3.63) is 94.7 Å². The van der Waals surface area contributed by atoms with E-state index in [-0.39, 0.29) is 28.4 Å². The number of aliphatic hydroxyl groups excluding tert-OH is 1. The number of hydrogen-bond acceptors (Lipinski definition) is 7. The minimum Gasteiger partial charge on any atom is -0.618 e. The SMILES string of the molecule is C[C@@H](O)C1CCN(c2n[nH]c3nccc(Oc4ccc(NC(=O)c5cccc(-c6ccc(F)cc6)[n+]5[O-])cc4Cl)c23)CC1. The Bertz CT molecular complexity index is 1790. The number of aromatic nitrogens is 4. The number of aliphatic hydroxyl groups is 1. The van der Waals surface area contributed by atoms with Crippen LogP contribution in [0.1, 0.15) is 30.3 Å². The molecule has 5 aromatic rings. The first-order chi connectivity index (χ1) is 20.8. The van der Waals surface area contributed by atoms with Crippen molar-refractivity contribution in [3.8, 4) is 22.8 Å². The van der Waals surface area contributed by atoms with E-state index in [1.165, 1.54) is 36.4 Å². The summed E-state index contributed by atoms with van der Waals surface area (Å²) in [4.78, 5) is 19.6. The Kier molecular flexibility index (Phi) is 7.83. The number of rotatable bonds is 7. The van der Waals surface area contributed by atoms with Crippen LogP contribution in [0.5, 0.6) is 11.5 Å². The van der Waals surface area contributed by atoms with Crippen molar-refractivity contribution >= 4 is 40.0 Å². The number of nitrogens with one attached hydrogen (secondary N) is 2. The molecule has 1 aliphatic heterocycles. The number of benzene rings is 2. The van der Waals surface area contributed by atoms with E-state index in [0.717, 1.165) is 31.7 Å². The molecule has 3 N–H and O–H groups in total. The van der Waals surface area contributed by atoms with Gasteiger partial charge in [-0.1, -0.05) is 11.6 Å². The molecular formula is C31H28ClFN6O4. The van der Waals surface area contributed by atoms with E-state index in [2.05, 4.69) is 25.4 Å². The van der Waals surface area contributed by atoms with Crippen molar-refractivity contribution in [3.63, 3.8) is 0 Å². The summed E-state index contributed by atoms with van der Waals surface area (Å²) in [5.41, 5.74) is 1.48. The fraction of sp³-hybridized carbons (Fsp3) is 0.226. The lowest BCUT2D eigenvalue weighted by molar-refractivity contribution is -0.595. The number of amides is 1. The van der Waals surface area contributed by atoms with Crippen LogP contribution in [-0.2, 0) is 0 Å². The molecule has 0 saturated carbocycles. The van der Waals surface area contributed by atoms with Crippen molar-refractivity contribution in [1.82, 2.24) is 15.2 Å². The molecule has 3 aromatic heterocycles. The highest BCUT2D eigenvalue weighted by molar-refractivity contribution is 6.32. The zero-order chi connectivity index (χ0) is 30.1.